The molecule has 2 aromatic heterocycles. The fourth-order valence-electron chi connectivity index (χ4n) is 2.51. The maximum Gasteiger partial charge on any atom is 0.257 e. The van der Waals surface area contributed by atoms with Gasteiger partial charge in [0, 0.05) is 30.9 Å². The van der Waals surface area contributed by atoms with Gasteiger partial charge in [0.25, 0.3) is 5.56 Å². The van der Waals surface area contributed by atoms with Gasteiger partial charge in [-0.2, -0.15) is 0 Å². The number of thiophene rings is 1. The van der Waals surface area contributed by atoms with Crippen molar-refractivity contribution in [1.29, 1.82) is 0 Å². The van der Waals surface area contributed by atoms with Crippen molar-refractivity contribution in [3.63, 3.8) is 0 Å². The van der Waals surface area contributed by atoms with Crippen LogP contribution in [0.4, 0.5) is 5.95 Å². The highest BCUT2D eigenvalue weighted by atomic mass is 32.1. The number of nitrogens with one attached hydrogen (secondary N) is 1. The highest BCUT2D eigenvalue weighted by Crippen LogP contribution is 2.22. The molecule has 0 aliphatic carbocycles. The van der Waals surface area contributed by atoms with Crippen molar-refractivity contribution in [1.82, 2.24) is 14.9 Å². The summed E-state index contributed by atoms with van der Waals surface area (Å²) in [5.74, 6) is 0.267. The van der Waals surface area contributed by atoms with Crippen molar-refractivity contribution >= 4 is 23.1 Å². The minimum atomic E-state index is -0.155. The van der Waals surface area contributed by atoms with Crippen molar-refractivity contribution in [2.24, 2.45) is 0 Å². The van der Waals surface area contributed by atoms with Crippen molar-refractivity contribution in [2.75, 3.05) is 12.3 Å². The molecular weight excluding hydrogens is 288 g/mol. The van der Waals surface area contributed by atoms with Gasteiger partial charge in [-0.1, -0.05) is 0 Å². The molecule has 0 atom stereocenters. The van der Waals surface area contributed by atoms with Crippen LogP contribution in [0.25, 0.3) is 0 Å². The van der Waals surface area contributed by atoms with Crippen molar-refractivity contribution in [2.45, 2.75) is 26.4 Å². The van der Waals surface area contributed by atoms with E-state index >= 15 is 0 Å². The third kappa shape index (κ3) is 2.88. The molecule has 110 valence electrons. The number of rotatable bonds is 3. The van der Waals surface area contributed by atoms with Crippen molar-refractivity contribution < 1.29 is 4.79 Å². The molecule has 21 heavy (non-hydrogen) atoms. The van der Waals surface area contributed by atoms with Crippen LogP contribution in [-0.4, -0.2) is 27.2 Å². The first-order valence-corrected chi connectivity index (χ1v) is 7.54. The summed E-state index contributed by atoms with van der Waals surface area (Å²) in [7, 11) is 0. The van der Waals surface area contributed by atoms with E-state index in [4.69, 9.17) is 5.73 Å². The number of carbonyl (C=O) groups is 1. The Morgan fingerprint density at radius 1 is 1.52 bits per heavy atom. The zero-order valence-electron chi connectivity index (χ0n) is 11.7. The van der Waals surface area contributed by atoms with Gasteiger partial charge in [-0.15, -0.1) is 11.3 Å². The molecule has 0 fully saturated rings. The van der Waals surface area contributed by atoms with Gasteiger partial charge >= 0.3 is 0 Å². The van der Waals surface area contributed by atoms with Crippen LogP contribution in [0.15, 0.2) is 16.9 Å². The summed E-state index contributed by atoms with van der Waals surface area (Å²) in [4.78, 5) is 34.1. The van der Waals surface area contributed by atoms with E-state index in [-0.39, 0.29) is 17.3 Å². The molecule has 0 saturated heterocycles. The number of hydrogen-bond donors (Lipinski definition) is 2. The number of Topliss-reactive ketones (excluding diaryl/α,β-unsaturated/α-hetero) is 1. The Hall–Kier alpha value is -1.99. The molecule has 0 unspecified atom stereocenters. The van der Waals surface area contributed by atoms with Gasteiger partial charge in [-0.3, -0.25) is 19.5 Å². The monoisotopic (exact) mass is 304 g/mol. The average Bonchev–Trinajstić information content (AvgIpc) is 2.88. The first kappa shape index (κ1) is 14.0. The van der Waals surface area contributed by atoms with Crippen LogP contribution in [0.3, 0.4) is 0 Å². The minimum absolute atomic E-state index is 0.0892. The number of fused-ring (bicyclic) bond motifs is 1. The zero-order valence-corrected chi connectivity index (χ0v) is 12.5. The van der Waals surface area contributed by atoms with Gasteiger partial charge < -0.3 is 5.73 Å². The molecule has 0 aromatic carbocycles. The SMILES string of the molecule is CC(=O)c1ccc(CN2CCc3nc(N)[nH]c(=O)c3C2)s1. The zero-order chi connectivity index (χ0) is 15.0. The second kappa shape index (κ2) is 5.42. The fraction of sp³-hybridized carbons (Fsp3) is 0.357. The number of aromatic amines is 1. The van der Waals surface area contributed by atoms with E-state index in [1.165, 1.54) is 11.3 Å². The Labute approximate surface area is 125 Å². The lowest BCUT2D eigenvalue weighted by Gasteiger charge is -2.26. The van der Waals surface area contributed by atoms with Crippen LogP contribution < -0.4 is 11.3 Å². The van der Waals surface area contributed by atoms with Gasteiger partial charge in [0.2, 0.25) is 5.95 Å². The summed E-state index contributed by atoms with van der Waals surface area (Å²) in [6.45, 7) is 3.70. The molecule has 0 bridgehead atoms. The van der Waals surface area contributed by atoms with Gasteiger partial charge in [0.05, 0.1) is 16.1 Å². The predicted octanol–water partition coefficient (Wildman–Crippen LogP) is 1.17. The number of anilines is 1. The van der Waals surface area contributed by atoms with Crippen LogP contribution in [-0.2, 0) is 19.5 Å². The number of H-pyrrole nitrogens is 1. The number of nitrogens with two attached hydrogens (primary N) is 1. The number of nitrogen functional groups attached to an aromatic ring is 1. The Balaban J connectivity index is 1.77. The third-order valence-corrected chi connectivity index (χ3v) is 4.72. The summed E-state index contributed by atoms with van der Waals surface area (Å²) < 4.78 is 0. The molecule has 0 saturated carbocycles. The summed E-state index contributed by atoms with van der Waals surface area (Å²) in [6.07, 6.45) is 0.717. The standard InChI is InChI=1S/C14H16N4O2S/c1-8(19)12-3-2-9(21-12)6-18-5-4-11-10(7-18)13(20)17-14(15)16-11/h2-3H,4-7H2,1H3,(H3,15,16,17,20). The number of ketones is 1. The van der Waals surface area contributed by atoms with E-state index in [2.05, 4.69) is 14.9 Å². The maximum absolute atomic E-state index is 11.9. The summed E-state index contributed by atoms with van der Waals surface area (Å²) >= 11 is 1.51. The maximum atomic E-state index is 11.9. The van der Waals surface area contributed by atoms with Crippen LogP contribution in [0, 0.1) is 0 Å². The number of aromatic nitrogens is 2. The molecule has 0 spiro atoms. The molecule has 3 rings (SSSR count). The van der Waals surface area contributed by atoms with Crippen LogP contribution in [0.1, 0.15) is 32.7 Å². The fourth-order valence-corrected chi connectivity index (χ4v) is 3.45. The number of hydrogen-bond acceptors (Lipinski definition) is 6. The lowest BCUT2D eigenvalue weighted by Crippen LogP contribution is -2.35. The molecule has 0 amide bonds. The van der Waals surface area contributed by atoms with Gasteiger partial charge in [-0.05, 0) is 19.1 Å². The first-order valence-electron chi connectivity index (χ1n) is 6.72. The average molecular weight is 304 g/mol. The molecule has 6 nitrogen and oxygen atoms in total. The lowest BCUT2D eigenvalue weighted by atomic mass is 10.1. The number of nitrogens with zero attached hydrogens (tertiary/aromatic N) is 2. The number of carbonyl (C=O) groups excluding carboxylic acids is 1. The van der Waals surface area contributed by atoms with Crippen molar-refractivity contribution in [3.8, 4) is 0 Å². The van der Waals surface area contributed by atoms with Crippen LogP contribution in [0.5, 0.6) is 0 Å². The van der Waals surface area contributed by atoms with E-state index in [0.29, 0.717) is 18.5 Å². The minimum Gasteiger partial charge on any atom is -0.369 e. The third-order valence-electron chi connectivity index (χ3n) is 3.55. The highest BCUT2D eigenvalue weighted by molar-refractivity contribution is 7.14. The van der Waals surface area contributed by atoms with E-state index < -0.39 is 0 Å². The molecule has 1 aliphatic heterocycles. The van der Waals surface area contributed by atoms with Gasteiger partial charge in [-0.25, -0.2) is 4.98 Å². The molecule has 3 heterocycles. The van der Waals surface area contributed by atoms with Crippen molar-refractivity contribution in [3.05, 3.63) is 43.5 Å². The second-order valence-electron chi connectivity index (χ2n) is 5.16. The Morgan fingerprint density at radius 2 is 2.33 bits per heavy atom. The lowest BCUT2D eigenvalue weighted by molar-refractivity contribution is 0.102. The largest absolute Gasteiger partial charge is 0.369 e. The second-order valence-corrected chi connectivity index (χ2v) is 6.33. The van der Waals surface area contributed by atoms with E-state index in [0.717, 1.165) is 28.5 Å². The summed E-state index contributed by atoms with van der Waals surface area (Å²) in [5, 5.41) is 0. The predicted molar refractivity (Wildman–Crippen MR) is 81.4 cm³/mol. The molecule has 1 aliphatic rings. The Kier molecular flexibility index (Phi) is 3.60. The van der Waals surface area contributed by atoms with E-state index in [1.54, 1.807) is 6.92 Å². The van der Waals surface area contributed by atoms with E-state index in [9.17, 15) is 9.59 Å². The first-order chi connectivity index (χ1) is 10.0. The van der Waals surface area contributed by atoms with Crippen LogP contribution >= 0.6 is 11.3 Å². The Morgan fingerprint density at radius 3 is 3.05 bits per heavy atom. The molecule has 3 N–H and O–H groups in total. The summed E-state index contributed by atoms with van der Waals surface area (Å²) in [5.41, 5.74) is 6.89. The molecule has 2 aromatic rings. The van der Waals surface area contributed by atoms with Gasteiger partial charge in [0.1, 0.15) is 0 Å². The Bertz CT molecular complexity index is 750. The quantitative estimate of drug-likeness (QED) is 0.831. The molecule has 7 heteroatoms. The summed E-state index contributed by atoms with van der Waals surface area (Å²) in [6, 6.07) is 3.83. The smallest absolute Gasteiger partial charge is 0.257 e. The van der Waals surface area contributed by atoms with Gasteiger partial charge in [0.15, 0.2) is 5.78 Å². The van der Waals surface area contributed by atoms with Crippen LogP contribution in [0.2, 0.25) is 0 Å². The topological polar surface area (TPSA) is 92.1 Å². The normalized spacial score (nSPS) is 14.9. The van der Waals surface area contributed by atoms with E-state index in [1.807, 2.05) is 12.1 Å². The molecule has 0 radical (unpaired) electrons. The highest BCUT2D eigenvalue weighted by Gasteiger charge is 2.21. The molecular formula is C14H16N4O2S.